The second kappa shape index (κ2) is 6.87. The Balaban J connectivity index is 0.00000162. The Morgan fingerprint density at radius 1 is 1.50 bits per heavy atom. The van der Waals surface area contributed by atoms with Crippen molar-refractivity contribution in [1.82, 2.24) is 4.90 Å². The van der Waals surface area contributed by atoms with Crippen LogP contribution in [0.2, 0.25) is 5.02 Å². The quantitative estimate of drug-likeness (QED) is 0.909. The Kier molecular flexibility index (Phi) is 5.78. The van der Waals surface area contributed by atoms with E-state index < -0.39 is 0 Å². The number of rotatable bonds is 3. The zero-order valence-corrected chi connectivity index (χ0v) is 12.5. The fraction of sp³-hybridized carbons (Fsp3) is 0.182. The van der Waals surface area contributed by atoms with E-state index in [9.17, 15) is 0 Å². The lowest BCUT2D eigenvalue weighted by molar-refractivity contribution is 0.199. The molecule has 0 bridgehead atoms. The first-order valence-electron chi connectivity index (χ1n) is 4.98. The van der Waals surface area contributed by atoms with Gasteiger partial charge in [0.2, 0.25) is 0 Å². The lowest BCUT2D eigenvalue weighted by Gasteiger charge is -2.24. The largest absolute Gasteiger partial charge is 0.472 e. The lowest BCUT2D eigenvalue weighted by atomic mass is 10.3. The van der Waals surface area contributed by atoms with Gasteiger partial charge in [-0.25, -0.2) is 4.99 Å². The highest BCUT2D eigenvalue weighted by molar-refractivity contribution is 9.10. The number of ether oxygens (including phenoxy) is 1. The molecule has 0 unspecified atom stereocenters. The molecule has 0 aromatic heterocycles. The molecule has 2 rings (SSSR count). The fourth-order valence-corrected chi connectivity index (χ4v) is 2.13. The van der Waals surface area contributed by atoms with Gasteiger partial charge in [0.25, 0.3) is 0 Å². The summed E-state index contributed by atoms with van der Waals surface area (Å²) >= 11 is 9.23. The summed E-state index contributed by atoms with van der Waals surface area (Å²) in [5, 5.41) is 0.659. The summed E-state index contributed by atoms with van der Waals surface area (Å²) in [4.78, 5) is 5.81. The van der Waals surface area contributed by atoms with E-state index in [1.54, 1.807) is 24.4 Å². The molecule has 1 heterocycles. The van der Waals surface area contributed by atoms with Crippen molar-refractivity contribution in [3.05, 3.63) is 40.0 Å². The molecule has 0 aliphatic carbocycles. The molecule has 1 aliphatic rings. The third-order valence-electron chi connectivity index (χ3n) is 2.23. The average molecular weight is 353 g/mol. The van der Waals surface area contributed by atoms with Gasteiger partial charge in [-0.1, -0.05) is 11.6 Å². The van der Waals surface area contributed by atoms with Crippen LogP contribution in [0.3, 0.4) is 0 Å². The van der Waals surface area contributed by atoms with Crippen molar-refractivity contribution in [1.29, 1.82) is 0 Å². The topological polar surface area (TPSA) is 50.8 Å². The second-order valence-corrected chi connectivity index (χ2v) is 4.73. The van der Waals surface area contributed by atoms with E-state index in [-0.39, 0.29) is 12.4 Å². The van der Waals surface area contributed by atoms with Crippen LogP contribution in [0.25, 0.3) is 0 Å². The molecule has 1 aromatic carbocycles. The van der Waals surface area contributed by atoms with Gasteiger partial charge in [-0.3, -0.25) is 0 Å². The SMILES string of the molecule is Cl.NC1=NC=CCN1COc1ccc(Cl)cc1Br. The van der Waals surface area contributed by atoms with E-state index in [2.05, 4.69) is 20.9 Å². The standard InChI is InChI=1S/C11H11BrClN3O.ClH/c12-9-6-8(13)2-3-10(9)17-7-16-5-1-4-15-11(16)14;/h1-4,6H,5,7H2,(H2,14,15);1H. The van der Waals surface area contributed by atoms with Crippen molar-refractivity contribution in [3.8, 4) is 5.75 Å². The summed E-state index contributed by atoms with van der Waals surface area (Å²) in [6.45, 7) is 1.04. The van der Waals surface area contributed by atoms with Crippen molar-refractivity contribution < 1.29 is 4.74 Å². The van der Waals surface area contributed by atoms with Gasteiger partial charge in [-0.05, 0) is 40.2 Å². The Labute approximate surface area is 125 Å². The Morgan fingerprint density at radius 2 is 2.28 bits per heavy atom. The number of guanidine groups is 1. The molecule has 7 heteroatoms. The number of hydrogen-bond donors (Lipinski definition) is 1. The van der Waals surface area contributed by atoms with E-state index in [1.165, 1.54) is 0 Å². The van der Waals surface area contributed by atoms with Gasteiger partial charge < -0.3 is 15.4 Å². The third-order valence-corrected chi connectivity index (χ3v) is 3.09. The third kappa shape index (κ3) is 3.80. The molecule has 0 fully saturated rings. The van der Waals surface area contributed by atoms with Crippen molar-refractivity contribution in [3.63, 3.8) is 0 Å². The van der Waals surface area contributed by atoms with Gasteiger partial charge in [0.1, 0.15) is 5.75 Å². The highest BCUT2D eigenvalue weighted by atomic mass is 79.9. The molecule has 0 radical (unpaired) electrons. The lowest BCUT2D eigenvalue weighted by Crippen LogP contribution is -2.41. The van der Waals surface area contributed by atoms with Crippen LogP contribution in [0.15, 0.2) is 39.9 Å². The maximum Gasteiger partial charge on any atom is 0.198 e. The maximum absolute atomic E-state index is 5.84. The first-order valence-corrected chi connectivity index (χ1v) is 6.15. The summed E-state index contributed by atoms with van der Waals surface area (Å²) in [6.07, 6.45) is 3.60. The minimum absolute atomic E-state index is 0. The summed E-state index contributed by atoms with van der Waals surface area (Å²) < 4.78 is 6.44. The van der Waals surface area contributed by atoms with Gasteiger partial charge in [0.05, 0.1) is 4.47 Å². The van der Waals surface area contributed by atoms with E-state index in [4.69, 9.17) is 22.1 Å². The highest BCUT2D eigenvalue weighted by Crippen LogP contribution is 2.28. The van der Waals surface area contributed by atoms with Crippen molar-refractivity contribution >= 4 is 45.9 Å². The molecule has 4 nitrogen and oxygen atoms in total. The summed E-state index contributed by atoms with van der Waals surface area (Å²) in [7, 11) is 0. The Hall–Kier alpha value is -0.910. The normalized spacial score (nSPS) is 13.9. The number of hydrogen-bond acceptors (Lipinski definition) is 4. The molecule has 1 aliphatic heterocycles. The van der Waals surface area contributed by atoms with Crippen LogP contribution in [0.1, 0.15) is 0 Å². The molecule has 98 valence electrons. The Bertz CT molecular complexity index is 479. The van der Waals surface area contributed by atoms with Crippen molar-refractivity contribution in [2.24, 2.45) is 10.7 Å². The van der Waals surface area contributed by atoms with E-state index >= 15 is 0 Å². The molecule has 0 amide bonds. The number of nitrogens with zero attached hydrogens (tertiary/aromatic N) is 2. The van der Waals surface area contributed by atoms with E-state index in [1.807, 2.05) is 11.0 Å². The number of halogens is 3. The van der Waals surface area contributed by atoms with Crippen LogP contribution >= 0.6 is 39.9 Å². The fourth-order valence-electron chi connectivity index (χ4n) is 1.34. The number of aliphatic imine (C=N–C) groups is 1. The predicted molar refractivity (Wildman–Crippen MR) is 79.4 cm³/mol. The van der Waals surface area contributed by atoms with Gasteiger partial charge in [0.15, 0.2) is 12.7 Å². The molecule has 0 saturated carbocycles. The zero-order valence-electron chi connectivity index (χ0n) is 9.35. The second-order valence-electron chi connectivity index (χ2n) is 3.44. The van der Waals surface area contributed by atoms with Gasteiger partial charge in [0, 0.05) is 17.8 Å². The van der Waals surface area contributed by atoms with Gasteiger partial charge >= 0.3 is 0 Å². The zero-order chi connectivity index (χ0) is 12.3. The summed E-state index contributed by atoms with van der Waals surface area (Å²) in [5.41, 5.74) is 5.72. The van der Waals surface area contributed by atoms with Crippen LogP contribution in [0.4, 0.5) is 0 Å². The minimum Gasteiger partial charge on any atom is -0.472 e. The molecule has 1 aromatic rings. The van der Waals surface area contributed by atoms with Crippen LogP contribution in [-0.4, -0.2) is 24.1 Å². The van der Waals surface area contributed by atoms with Gasteiger partial charge in [-0.2, -0.15) is 0 Å². The monoisotopic (exact) mass is 351 g/mol. The highest BCUT2D eigenvalue weighted by Gasteiger charge is 2.10. The van der Waals surface area contributed by atoms with Crippen molar-refractivity contribution in [2.75, 3.05) is 13.3 Å². The maximum atomic E-state index is 5.84. The minimum atomic E-state index is 0. The smallest absolute Gasteiger partial charge is 0.198 e. The molecule has 18 heavy (non-hydrogen) atoms. The van der Waals surface area contributed by atoms with E-state index in [0.29, 0.717) is 24.3 Å². The molecule has 0 atom stereocenters. The predicted octanol–water partition coefficient (Wildman–Crippen LogP) is 3.00. The molecular formula is C11H12BrCl2N3O. The van der Waals surface area contributed by atoms with Crippen molar-refractivity contribution in [2.45, 2.75) is 0 Å². The Morgan fingerprint density at radius 3 is 2.94 bits per heavy atom. The van der Waals surface area contributed by atoms with Crippen LogP contribution in [-0.2, 0) is 0 Å². The molecule has 0 saturated heterocycles. The van der Waals surface area contributed by atoms with Crippen LogP contribution in [0, 0.1) is 0 Å². The van der Waals surface area contributed by atoms with Gasteiger partial charge in [-0.15, -0.1) is 12.4 Å². The van der Waals surface area contributed by atoms with E-state index in [0.717, 1.165) is 10.2 Å². The summed E-state index contributed by atoms with van der Waals surface area (Å²) in [5.74, 6) is 1.18. The average Bonchev–Trinajstić information content (AvgIpc) is 2.30. The number of benzene rings is 1. The van der Waals surface area contributed by atoms with Crippen LogP contribution in [0.5, 0.6) is 5.75 Å². The molecule has 0 spiro atoms. The summed E-state index contributed by atoms with van der Waals surface area (Å²) in [6, 6.07) is 5.36. The number of nitrogens with two attached hydrogens (primary N) is 1. The molecule has 2 N–H and O–H groups in total. The first-order chi connectivity index (χ1) is 8.16. The van der Waals surface area contributed by atoms with Crippen LogP contribution < -0.4 is 10.5 Å². The first kappa shape index (κ1) is 15.1. The molecular weight excluding hydrogens is 341 g/mol.